The van der Waals surface area contributed by atoms with Crippen molar-refractivity contribution in [3.8, 4) is 0 Å². The van der Waals surface area contributed by atoms with E-state index in [1.165, 1.54) is 4.90 Å². The average Bonchev–Trinajstić information content (AvgIpc) is 2.96. The molecule has 2 aliphatic rings. The van der Waals surface area contributed by atoms with E-state index >= 15 is 0 Å². The molecule has 19 heavy (non-hydrogen) atoms. The van der Waals surface area contributed by atoms with Crippen LogP contribution < -0.4 is 0 Å². The van der Waals surface area contributed by atoms with Crippen molar-refractivity contribution in [2.75, 3.05) is 6.54 Å². The van der Waals surface area contributed by atoms with Gasteiger partial charge >= 0.3 is 5.97 Å². The third-order valence-electron chi connectivity index (χ3n) is 3.72. The highest BCUT2D eigenvalue weighted by Crippen LogP contribution is 2.43. The van der Waals surface area contributed by atoms with Crippen LogP contribution in [0.15, 0.2) is 4.47 Å². The van der Waals surface area contributed by atoms with E-state index in [1.54, 1.807) is 0 Å². The zero-order valence-electron chi connectivity index (χ0n) is 10.2. The first-order valence-electron chi connectivity index (χ1n) is 6.37. The average molecular weight is 328 g/mol. The number of nitrogens with zero attached hydrogens (tertiary/aromatic N) is 2. The van der Waals surface area contributed by atoms with Crippen molar-refractivity contribution in [3.63, 3.8) is 0 Å². The molecule has 0 unspecified atom stereocenters. The minimum atomic E-state index is -0.945. The number of carbonyl (C=O) groups excluding carboxylic acids is 1. The molecule has 1 atom stereocenters. The molecule has 0 bridgehead atoms. The highest BCUT2D eigenvalue weighted by molar-refractivity contribution is 9.10. The quantitative estimate of drug-likeness (QED) is 0.885. The second kappa shape index (κ2) is 4.63. The van der Waals surface area contributed by atoms with Gasteiger partial charge < -0.3 is 10.0 Å². The molecule has 1 saturated carbocycles. The lowest BCUT2D eigenvalue weighted by Gasteiger charge is -2.20. The Balaban J connectivity index is 1.85. The number of halogens is 1. The van der Waals surface area contributed by atoms with Crippen molar-refractivity contribution in [1.82, 2.24) is 15.1 Å². The summed E-state index contributed by atoms with van der Waals surface area (Å²) in [7, 11) is 0. The van der Waals surface area contributed by atoms with Gasteiger partial charge in [-0.3, -0.25) is 9.89 Å². The zero-order valence-corrected chi connectivity index (χ0v) is 11.8. The van der Waals surface area contributed by atoms with Gasteiger partial charge in [0, 0.05) is 12.5 Å². The minimum absolute atomic E-state index is 0.301. The van der Waals surface area contributed by atoms with Crippen LogP contribution >= 0.6 is 15.9 Å². The van der Waals surface area contributed by atoms with Gasteiger partial charge in [0.1, 0.15) is 6.04 Å². The van der Waals surface area contributed by atoms with Crippen molar-refractivity contribution >= 4 is 27.8 Å². The van der Waals surface area contributed by atoms with Gasteiger partial charge in [-0.2, -0.15) is 5.10 Å². The molecule has 2 N–H and O–H groups in total. The lowest BCUT2D eigenvalue weighted by Crippen LogP contribution is -2.40. The number of aromatic amines is 1. The number of amides is 1. The predicted octanol–water partition coefficient (Wildman–Crippen LogP) is 1.74. The molecule has 1 aliphatic heterocycles. The number of carbonyl (C=O) groups is 2. The highest BCUT2D eigenvalue weighted by atomic mass is 79.9. The summed E-state index contributed by atoms with van der Waals surface area (Å²) in [6.07, 6.45) is 3.45. The van der Waals surface area contributed by atoms with Crippen LogP contribution in [0, 0.1) is 0 Å². The zero-order chi connectivity index (χ0) is 13.6. The molecule has 0 spiro atoms. The Morgan fingerprint density at radius 3 is 2.74 bits per heavy atom. The van der Waals surface area contributed by atoms with Crippen molar-refractivity contribution in [2.24, 2.45) is 0 Å². The number of aromatic nitrogens is 2. The number of carboxylic acid groups (broad SMARTS) is 1. The van der Waals surface area contributed by atoms with Crippen LogP contribution in [0.4, 0.5) is 0 Å². The molecule has 0 aromatic carbocycles. The summed E-state index contributed by atoms with van der Waals surface area (Å²) < 4.78 is 0.691. The van der Waals surface area contributed by atoms with E-state index in [0.29, 0.717) is 29.1 Å². The number of likely N-dealkylation sites (tertiary alicyclic amines) is 1. The largest absolute Gasteiger partial charge is 0.480 e. The number of aliphatic carboxylic acids is 1. The van der Waals surface area contributed by atoms with Gasteiger partial charge in [0.05, 0.1) is 10.2 Å². The maximum atomic E-state index is 12.4. The first kappa shape index (κ1) is 12.7. The fourth-order valence-corrected chi connectivity index (χ4v) is 3.20. The van der Waals surface area contributed by atoms with E-state index < -0.39 is 12.0 Å². The molecular weight excluding hydrogens is 314 g/mol. The van der Waals surface area contributed by atoms with Gasteiger partial charge in [0.2, 0.25) is 0 Å². The van der Waals surface area contributed by atoms with Gasteiger partial charge in [-0.05, 0) is 41.6 Å². The summed E-state index contributed by atoms with van der Waals surface area (Å²) in [6, 6.07) is -0.722. The van der Waals surface area contributed by atoms with E-state index in [9.17, 15) is 9.59 Å². The Morgan fingerprint density at radius 1 is 1.37 bits per heavy atom. The van der Waals surface area contributed by atoms with Gasteiger partial charge in [0.25, 0.3) is 5.91 Å². The molecule has 0 radical (unpaired) electrons. The molecule has 1 aromatic heterocycles. The summed E-state index contributed by atoms with van der Waals surface area (Å²) in [5.41, 5.74) is 1.25. The fraction of sp³-hybridized carbons (Fsp3) is 0.583. The SMILES string of the molecule is O=C(O)[C@H]1CCCN1C(=O)c1n[nH]c(C2CC2)c1Br. The van der Waals surface area contributed by atoms with Gasteiger partial charge in [-0.1, -0.05) is 0 Å². The fourth-order valence-electron chi connectivity index (χ4n) is 2.53. The monoisotopic (exact) mass is 327 g/mol. The Kier molecular flexibility index (Phi) is 3.08. The van der Waals surface area contributed by atoms with Crippen LogP contribution in [0.25, 0.3) is 0 Å². The summed E-state index contributed by atoms with van der Waals surface area (Å²) in [4.78, 5) is 24.9. The van der Waals surface area contributed by atoms with Crippen molar-refractivity contribution < 1.29 is 14.7 Å². The molecule has 1 amide bonds. The van der Waals surface area contributed by atoms with E-state index in [-0.39, 0.29) is 5.91 Å². The molecule has 1 aromatic rings. The van der Waals surface area contributed by atoms with Crippen LogP contribution in [0.1, 0.15) is 47.8 Å². The maximum absolute atomic E-state index is 12.4. The first-order chi connectivity index (χ1) is 9.09. The summed E-state index contributed by atoms with van der Waals surface area (Å²) >= 11 is 3.41. The van der Waals surface area contributed by atoms with Crippen molar-refractivity contribution in [3.05, 3.63) is 15.9 Å². The highest BCUT2D eigenvalue weighted by Gasteiger charge is 2.37. The van der Waals surface area contributed by atoms with Crippen LogP contribution in [-0.2, 0) is 4.79 Å². The predicted molar refractivity (Wildman–Crippen MR) is 70.0 cm³/mol. The molecule has 102 valence electrons. The van der Waals surface area contributed by atoms with Gasteiger partial charge in [0.15, 0.2) is 5.69 Å². The second-order valence-corrected chi connectivity index (χ2v) is 5.86. The molecule has 2 heterocycles. The number of nitrogens with one attached hydrogen (secondary N) is 1. The third kappa shape index (κ3) is 2.16. The normalized spacial score (nSPS) is 22.8. The van der Waals surface area contributed by atoms with Crippen molar-refractivity contribution in [1.29, 1.82) is 0 Å². The van der Waals surface area contributed by atoms with E-state index in [1.807, 2.05) is 0 Å². The van der Waals surface area contributed by atoms with Gasteiger partial charge in [-0.15, -0.1) is 0 Å². The standard InChI is InChI=1S/C12H14BrN3O3/c13-8-9(6-3-4-6)14-15-10(8)11(17)16-5-1-2-7(16)12(18)19/h6-7H,1-5H2,(H,14,15)(H,18,19)/t7-/m1/s1. The Morgan fingerprint density at radius 2 is 2.11 bits per heavy atom. The Labute approximate surface area is 118 Å². The molecule has 2 fully saturated rings. The van der Waals surface area contributed by atoms with Crippen LogP contribution in [-0.4, -0.2) is 44.7 Å². The first-order valence-corrected chi connectivity index (χ1v) is 7.16. The summed E-state index contributed by atoms with van der Waals surface area (Å²) in [5.74, 6) is -0.794. The number of rotatable bonds is 3. The lowest BCUT2D eigenvalue weighted by molar-refractivity contribution is -0.141. The van der Waals surface area contributed by atoms with E-state index in [0.717, 1.165) is 25.0 Å². The minimum Gasteiger partial charge on any atom is -0.480 e. The maximum Gasteiger partial charge on any atom is 0.326 e. The van der Waals surface area contributed by atoms with Crippen LogP contribution in [0.5, 0.6) is 0 Å². The molecule has 6 nitrogen and oxygen atoms in total. The summed E-state index contributed by atoms with van der Waals surface area (Å²) in [6.45, 7) is 0.480. The lowest BCUT2D eigenvalue weighted by atomic mass is 10.2. The Hall–Kier alpha value is -1.37. The number of carboxylic acids is 1. The van der Waals surface area contributed by atoms with Crippen LogP contribution in [0.3, 0.4) is 0 Å². The Bertz CT molecular complexity index is 538. The molecule has 3 rings (SSSR count). The molecular formula is C12H14BrN3O3. The summed E-state index contributed by atoms with van der Waals surface area (Å²) in [5, 5.41) is 16.1. The van der Waals surface area contributed by atoms with E-state index in [4.69, 9.17) is 5.11 Å². The van der Waals surface area contributed by atoms with Crippen LogP contribution in [0.2, 0.25) is 0 Å². The number of hydrogen-bond acceptors (Lipinski definition) is 3. The molecule has 1 saturated heterocycles. The van der Waals surface area contributed by atoms with Crippen molar-refractivity contribution in [2.45, 2.75) is 37.6 Å². The number of hydrogen-bond donors (Lipinski definition) is 2. The second-order valence-electron chi connectivity index (χ2n) is 5.07. The molecule has 7 heteroatoms. The van der Waals surface area contributed by atoms with E-state index in [2.05, 4.69) is 26.1 Å². The third-order valence-corrected chi connectivity index (χ3v) is 4.52. The smallest absolute Gasteiger partial charge is 0.326 e. The van der Waals surface area contributed by atoms with Gasteiger partial charge in [-0.25, -0.2) is 4.79 Å². The molecule has 1 aliphatic carbocycles. The number of H-pyrrole nitrogens is 1. The topological polar surface area (TPSA) is 86.3 Å².